The zero-order valence-electron chi connectivity index (χ0n) is 19.7. The molecule has 0 radical (unpaired) electrons. The van der Waals surface area contributed by atoms with Crippen molar-refractivity contribution in [2.24, 2.45) is 15.9 Å². The summed E-state index contributed by atoms with van der Waals surface area (Å²) >= 11 is 0. The predicted molar refractivity (Wildman–Crippen MR) is 126 cm³/mol. The van der Waals surface area contributed by atoms with Crippen LogP contribution in [0, 0.1) is 22.5 Å². The van der Waals surface area contributed by atoms with Crippen LogP contribution >= 0.6 is 0 Å². The van der Waals surface area contributed by atoms with Gasteiger partial charge in [0.15, 0.2) is 9.84 Å². The number of unbranched alkanes of at least 4 members (excludes halogenated alkanes) is 2. The van der Waals surface area contributed by atoms with Crippen LogP contribution in [-0.2, 0) is 14.6 Å². The second kappa shape index (κ2) is 8.66. The van der Waals surface area contributed by atoms with Gasteiger partial charge < -0.3 is 4.90 Å². The molecule has 1 saturated heterocycles. The highest BCUT2D eigenvalue weighted by molar-refractivity contribution is 7.91. The number of sulfone groups is 1. The Labute approximate surface area is 200 Å². The smallest absolute Gasteiger partial charge is 0.243 e. The maximum absolute atomic E-state index is 13.6. The van der Waals surface area contributed by atoms with Crippen molar-refractivity contribution in [1.82, 2.24) is 9.91 Å². The van der Waals surface area contributed by atoms with Crippen LogP contribution in [0.3, 0.4) is 0 Å². The lowest BCUT2D eigenvalue weighted by Gasteiger charge is -2.73. The van der Waals surface area contributed by atoms with Gasteiger partial charge in [0.05, 0.1) is 11.3 Å². The molecule has 2 bridgehead atoms. The van der Waals surface area contributed by atoms with Gasteiger partial charge in [-0.25, -0.2) is 22.2 Å². The number of likely N-dealkylation sites (tertiary alicyclic amines) is 1. The first-order valence-corrected chi connectivity index (χ1v) is 14.2. The number of hydrazone groups is 1. The van der Waals surface area contributed by atoms with Gasteiger partial charge in [-0.15, -0.1) is 0 Å². The SMILES string of the molecule is CS(=O)(=O)C1CN(CC23CC(CCCCCC(=O)N4N=CCC4c4cc(F)cc(F)c4)(C2)C3)C1. The van der Waals surface area contributed by atoms with E-state index in [0.717, 1.165) is 31.9 Å². The first-order chi connectivity index (χ1) is 16.1. The summed E-state index contributed by atoms with van der Waals surface area (Å²) in [5, 5.41) is 5.36. The summed E-state index contributed by atoms with van der Waals surface area (Å²) in [6.45, 7) is 2.43. The van der Waals surface area contributed by atoms with Crippen molar-refractivity contribution in [1.29, 1.82) is 0 Å². The molecule has 6 rings (SSSR count). The van der Waals surface area contributed by atoms with Gasteiger partial charge in [0, 0.05) is 51.0 Å². The fourth-order valence-corrected chi connectivity index (χ4v) is 7.79. The first-order valence-electron chi connectivity index (χ1n) is 12.3. The van der Waals surface area contributed by atoms with Gasteiger partial charge >= 0.3 is 0 Å². The molecule has 9 heteroatoms. The third kappa shape index (κ3) is 4.65. The monoisotopic (exact) mass is 493 g/mol. The van der Waals surface area contributed by atoms with E-state index in [1.165, 1.54) is 49.1 Å². The van der Waals surface area contributed by atoms with E-state index in [1.54, 1.807) is 6.21 Å². The first kappa shape index (κ1) is 23.9. The van der Waals surface area contributed by atoms with Gasteiger partial charge in [0.2, 0.25) is 5.91 Å². The molecule has 1 amide bonds. The molecular formula is C25H33F2N3O3S. The normalized spacial score (nSPS) is 30.7. The number of carbonyl (C=O) groups is 1. The maximum atomic E-state index is 13.6. The Kier molecular flexibility index (Phi) is 6.07. The van der Waals surface area contributed by atoms with E-state index in [-0.39, 0.29) is 11.2 Å². The number of amides is 1. The van der Waals surface area contributed by atoms with Crippen molar-refractivity contribution < 1.29 is 22.0 Å². The third-order valence-electron chi connectivity index (χ3n) is 8.29. The number of rotatable bonds is 10. The van der Waals surface area contributed by atoms with Crippen LogP contribution in [0.15, 0.2) is 23.3 Å². The number of hydrogen-bond acceptors (Lipinski definition) is 5. The third-order valence-corrected chi connectivity index (χ3v) is 9.80. The molecule has 1 unspecified atom stereocenters. The summed E-state index contributed by atoms with van der Waals surface area (Å²) in [5.74, 6) is -1.39. The Morgan fingerprint density at radius 1 is 1.06 bits per heavy atom. The van der Waals surface area contributed by atoms with Crippen LogP contribution in [0.1, 0.15) is 69.4 Å². The van der Waals surface area contributed by atoms with Gasteiger partial charge in [-0.05, 0) is 60.6 Å². The molecule has 2 aliphatic heterocycles. The minimum Gasteiger partial charge on any atom is -0.300 e. The number of halogens is 2. The highest BCUT2D eigenvalue weighted by Crippen LogP contribution is 2.75. The molecule has 3 saturated carbocycles. The predicted octanol–water partition coefficient (Wildman–Crippen LogP) is 4.07. The Hall–Kier alpha value is -1.87. The minimum atomic E-state index is -2.90. The Balaban J connectivity index is 0.987. The number of benzene rings is 1. The minimum absolute atomic E-state index is 0.102. The van der Waals surface area contributed by atoms with Gasteiger partial charge in [0.25, 0.3) is 0 Å². The van der Waals surface area contributed by atoms with Gasteiger partial charge in [-0.2, -0.15) is 5.10 Å². The Morgan fingerprint density at radius 3 is 2.38 bits per heavy atom. The molecule has 5 aliphatic rings. The largest absolute Gasteiger partial charge is 0.300 e. The molecular weight excluding hydrogens is 460 g/mol. The second-order valence-corrected chi connectivity index (χ2v) is 13.6. The van der Waals surface area contributed by atoms with Crippen LogP contribution in [0.4, 0.5) is 8.78 Å². The standard InChI is InChI=1S/C25H33F2N3O3S/c1-34(32,33)21-12-29(13-21)17-25-14-24(15-25,16-25)7-4-2-3-5-23(31)30-22(6-8-28-30)18-9-19(26)11-20(27)10-18/h8-11,21-22H,2-7,12-17H2,1H3. The zero-order chi connectivity index (χ0) is 24.1. The number of nitrogens with zero attached hydrogens (tertiary/aromatic N) is 3. The molecule has 0 aromatic heterocycles. The van der Waals surface area contributed by atoms with Gasteiger partial charge in [-0.1, -0.05) is 12.8 Å². The number of hydrogen-bond donors (Lipinski definition) is 0. The second-order valence-electron chi connectivity index (χ2n) is 11.2. The lowest BCUT2D eigenvalue weighted by molar-refractivity contribution is -0.221. The fraction of sp³-hybridized carbons (Fsp3) is 0.680. The van der Waals surface area contributed by atoms with Crippen molar-refractivity contribution in [2.75, 3.05) is 25.9 Å². The van der Waals surface area contributed by atoms with E-state index in [0.29, 0.717) is 42.3 Å². The molecule has 3 aliphatic carbocycles. The molecule has 34 heavy (non-hydrogen) atoms. The quantitative estimate of drug-likeness (QED) is 0.461. The average Bonchev–Trinajstić information content (AvgIpc) is 3.14. The lowest BCUT2D eigenvalue weighted by Crippen LogP contribution is -2.68. The van der Waals surface area contributed by atoms with Gasteiger partial charge in [0.1, 0.15) is 11.6 Å². The van der Waals surface area contributed by atoms with E-state index in [1.807, 2.05) is 0 Å². The van der Waals surface area contributed by atoms with Crippen LogP contribution in [0.25, 0.3) is 0 Å². The zero-order valence-corrected chi connectivity index (χ0v) is 20.5. The summed E-state index contributed by atoms with van der Waals surface area (Å²) < 4.78 is 50.3. The van der Waals surface area contributed by atoms with Crippen LogP contribution < -0.4 is 0 Å². The molecule has 4 fully saturated rings. The molecule has 1 aromatic rings. The van der Waals surface area contributed by atoms with E-state index >= 15 is 0 Å². The molecule has 1 aromatic carbocycles. The molecule has 6 nitrogen and oxygen atoms in total. The fourth-order valence-electron chi connectivity index (χ4n) is 6.83. The summed E-state index contributed by atoms with van der Waals surface area (Å²) in [5.41, 5.74) is 1.35. The van der Waals surface area contributed by atoms with E-state index < -0.39 is 27.5 Å². The van der Waals surface area contributed by atoms with Crippen molar-refractivity contribution in [3.8, 4) is 0 Å². The Morgan fingerprint density at radius 2 is 1.74 bits per heavy atom. The average molecular weight is 494 g/mol. The molecule has 2 heterocycles. The van der Waals surface area contributed by atoms with Crippen molar-refractivity contribution in [2.45, 2.75) is 69.1 Å². The Bertz CT molecular complexity index is 1060. The van der Waals surface area contributed by atoms with Crippen molar-refractivity contribution in [3.63, 3.8) is 0 Å². The molecule has 0 N–H and O–H groups in total. The van der Waals surface area contributed by atoms with Gasteiger partial charge in [-0.3, -0.25) is 4.79 Å². The molecule has 0 spiro atoms. The summed E-state index contributed by atoms with van der Waals surface area (Å²) in [6.07, 6.45) is 11.7. The van der Waals surface area contributed by atoms with E-state index in [4.69, 9.17) is 0 Å². The molecule has 1 atom stereocenters. The topological polar surface area (TPSA) is 70.1 Å². The van der Waals surface area contributed by atoms with Crippen LogP contribution in [0.2, 0.25) is 0 Å². The van der Waals surface area contributed by atoms with Crippen molar-refractivity contribution >= 4 is 22.0 Å². The maximum Gasteiger partial charge on any atom is 0.243 e. The summed E-state index contributed by atoms with van der Waals surface area (Å²) in [6, 6.07) is 2.93. The highest BCUT2D eigenvalue weighted by Gasteiger charge is 2.67. The lowest BCUT2D eigenvalue weighted by atomic mass is 9.34. The summed E-state index contributed by atoms with van der Waals surface area (Å²) in [4.78, 5) is 15.0. The van der Waals surface area contributed by atoms with Crippen molar-refractivity contribution in [3.05, 3.63) is 35.4 Å². The van der Waals surface area contributed by atoms with E-state index in [9.17, 15) is 22.0 Å². The molecule has 186 valence electrons. The number of carbonyl (C=O) groups excluding carboxylic acids is 1. The van der Waals surface area contributed by atoms with Crippen LogP contribution in [-0.4, -0.2) is 61.6 Å². The summed E-state index contributed by atoms with van der Waals surface area (Å²) in [7, 11) is -2.90. The van der Waals surface area contributed by atoms with Crippen LogP contribution in [0.5, 0.6) is 0 Å². The van der Waals surface area contributed by atoms with E-state index in [2.05, 4.69) is 10.0 Å². The highest BCUT2D eigenvalue weighted by atomic mass is 32.2.